The second-order valence-corrected chi connectivity index (χ2v) is 5.71. The van der Waals surface area contributed by atoms with Crippen LogP contribution in [0.15, 0.2) is 24.3 Å². The maximum Gasteiger partial charge on any atom is 0.241 e. The molecule has 114 valence electrons. The van der Waals surface area contributed by atoms with E-state index >= 15 is 0 Å². The average molecular weight is 289 g/mol. The Bertz CT molecular complexity index is 504. The Labute approximate surface area is 125 Å². The van der Waals surface area contributed by atoms with Gasteiger partial charge in [0, 0.05) is 31.9 Å². The number of carbonyl (C=O) groups excluding carboxylic acids is 1. The fourth-order valence-corrected chi connectivity index (χ4v) is 3.15. The molecule has 3 rings (SSSR count). The quantitative estimate of drug-likeness (QED) is 0.876. The van der Waals surface area contributed by atoms with Crippen LogP contribution in [0.25, 0.3) is 0 Å². The maximum atomic E-state index is 12.6. The van der Waals surface area contributed by atoms with Gasteiger partial charge in [0.1, 0.15) is 0 Å². The Morgan fingerprint density at radius 2 is 2.24 bits per heavy atom. The largest absolute Gasteiger partial charge is 0.374 e. The second-order valence-electron chi connectivity index (χ2n) is 5.71. The minimum Gasteiger partial charge on any atom is -0.374 e. The number of ether oxygens (including phenoxy) is 1. The molecule has 1 aromatic rings. The topological polar surface area (TPSA) is 44.8 Å². The highest BCUT2D eigenvalue weighted by Crippen LogP contribution is 2.27. The first-order valence-electron chi connectivity index (χ1n) is 7.65. The van der Waals surface area contributed by atoms with E-state index in [0.717, 1.165) is 38.3 Å². The summed E-state index contributed by atoms with van der Waals surface area (Å²) >= 11 is 0. The number of likely N-dealkylation sites (N-methyl/N-ethyl adjacent to an activating group) is 1. The molecule has 0 aliphatic carbocycles. The van der Waals surface area contributed by atoms with Gasteiger partial charge in [-0.1, -0.05) is 18.2 Å². The van der Waals surface area contributed by atoms with E-state index in [9.17, 15) is 4.79 Å². The van der Waals surface area contributed by atoms with Crippen molar-refractivity contribution in [2.45, 2.75) is 12.5 Å². The number of hydrogen-bond acceptors (Lipinski definition) is 4. The number of hydrogen-bond donors (Lipinski definition) is 1. The Balaban J connectivity index is 1.60. The molecule has 5 nitrogen and oxygen atoms in total. The lowest BCUT2D eigenvalue weighted by Crippen LogP contribution is -2.49. The number of amides is 1. The van der Waals surface area contributed by atoms with Gasteiger partial charge in [-0.3, -0.25) is 9.69 Å². The van der Waals surface area contributed by atoms with Crippen molar-refractivity contribution >= 4 is 11.6 Å². The molecule has 2 heterocycles. The van der Waals surface area contributed by atoms with Gasteiger partial charge >= 0.3 is 0 Å². The van der Waals surface area contributed by atoms with Gasteiger partial charge < -0.3 is 15.0 Å². The molecule has 0 aromatic heterocycles. The summed E-state index contributed by atoms with van der Waals surface area (Å²) in [5.74, 6) is 0.199. The van der Waals surface area contributed by atoms with Gasteiger partial charge in [-0.2, -0.15) is 0 Å². The average Bonchev–Trinajstić information content (AvgIpc) is 2.92. The van der Waals surface area contributed by atoms with E-state index in [1.165, 1.54) is 5.56 Å². The number of anilines is 1. The van der Waals surface area contributed by atoms with Crippen LogP contribution in [0.3, 0.4) is 0 Å². The van der Waals surface area contributed by atoms with Crippen molar-refractivity contribution in [2.24, 2.45) is 0 Å². The van der Waals surface area contributed by atoms with Crippen LogP contribution in [0.2, 0.25) is 0 Å². The second kappa shape index (κ2) is 6.56. The third-order valence-electron chi connectivity index (χ3n) is 4.20. The summed E-state index contributed by atoms with van der Waals surface area (Å²) in [6, 6.07) is 8.20. The molecule has 5 heteroatoms. The number of nitrogens with zero attached hydrogens (tertiary/aromatic N) is 2. The molecule has 1 aromatic carbocycles. The predicted octanol–water partition coefficient (Wildman–Crippen LogP) is 0.496. The molecule has 0 bridgehead atoms. The molecular formula is C16H23N3O2. The summed E-state index contributed by atoms with van der Waals surface area (Å²) in [6.45, 7) is 4.48. The number of benzene rings is 1. The number of morpholine rings is 1. The molecule has 1 fully saturated rings. The summed E-state index contributed by atoms with van der Waals surface area (Å²) in [6.07, 6.45) is 1.15. The van der Waals surface area contributed by atoms with E-state index in [2.05, 4.69) is 16.3 Å². The summed E-state index contributed by atoms with van der Waals surface area (Å²) < 4.78 is 5.68. The van der Waals surface area contributed by atoms with Gasteiger partial charge in [0.05, 0.1) is 19.3 Å². The normalized spacial score (nSPS) is 22.3. The summed E-state index contributed by atoms with van der Waals surface area (Å²) in [5, 5.41) is 3.13. The molecule has 21 heavy (non-hydrogen) atoms. The Morgan fingerprint density at radius 1 is 1.38 bits per heavy atom. The minimum atomic E-state index is 0.183. The van der Waals surface area contributed by atoms with Gasteiger partial charge in [0.2, 0.25) is 5.91 Å². The third kappa shape index (κ3) is 3.26. The van der Waals surface area contributed by atoms with Crippen molar-refractivity contribution in [3.8, 4) is 0 Å². The van der Waals surface area contributed by atoms with Gasteiger partial charge in [0.25, 0.3) is 0 Å². The molecular weight excluding hydrogens is 266 g/mol. The molecule has 2 aliphatic heterocycles. The van der Waals surface area contributed by atoms with Crippen molar-refractivity contribution in [3.63, 3.8) is 0 Å². The van der Waals surface area contributed by atoms with Crippen LogP contribution in [0, 0.1) is 0 Å². The van der Waals surface area contributed by atoms with Gasteiger partial charge in [-0.15, -0.1) is 0 Å². The SMILES string of the molecule is CNCC1CN(CC(=O)N2CCc3ccccc32)CCO1. The van der Waals surface area contributed by atoms with Gasteiger partial charge in [-0.25, -0.2) is 0 Å². The van der Waals surface area contributed by atoms with Crippen molar-refractivity contribution in [2.75, 3.05) is 51.3 Å². The zero-order chi connectivity index (χ0) is 14.7. The molecule has 1 unspecified atom stereocenters. The van der Waals surface area contributed by atoms with Crippen molar-refractivity contribution in [1.29, 1.82) is 0 Å². The maximum absolute atomic E-state index is 12.6. The van der Waals surface area contributed by atoms with Crippen LogP contribution >= 0.6 is 0 Å². The molecule has 1 amide bonds. The van der Waals surface area contributed by atoms with E-state index in [1.54, 1.807) is 0 Å². The third-order valence-corrected chi connectivity index (χ3v) is 4.20. The van der Waals surface area contributed by atoms with E-state index in [1.807, 2.05) is 30.1 Å². The van der Waals surface area contributed by atoms with Crippen LogP contribution in [-0.2, 0) is 16.0 Å². The van der Waals surface area contributed by atoms with E-state index in [4.69, 9.17) is 4.74 Å². The highest BCUT2D eigenvalue weighted by atomic mass is 16.5. The Hall–Kier alpha value is -1.43. The lowest BCUT2D eigenvalue weighted by molar-refractivity contribution is -0.121. The molecule has 1 saturated heterocycles. The Morgan fingerprint density at radius 3 is 3.10 bits per heavy atom. The predicted molar refractivity (Wildman–Crippen MR) is 82.6 cm³/mol. The minimum absolute atomic E-state index is 0.183. The molecule has 0 spiro atoms. The Kier molecular flexibility index (Phi) is 4.53. The first kappa shape index (κ1) is 14.5. The first-order valence-corrected chi connectivity index (χ1v) is 7.65. The zero-order valence-electron chi connectivity index (χ0n) is 12.5. The molecule has 0 radical (unpaired) electrons. The number of fused-ring (bicyclic) bond motifs is 1. The standard InChI is InChI=1S/C16H23N3O2/c1-17-10-14-11-18(8-9-21-14)12-16(20)19-7-6-13-4-2-3-5-15(13)19/h2-5,14,17H,6-12H2,1H3. The molecule has 1 atom stereocenters. The van der Waals surface area contributed by atoms with Crippen LogP contribution in [0.4, 0.5) is 5.69 Å². The lowest BCUT2D eigenvalue weighted by atomic mass is 10.2. The van der Waals surface area contributed by atoms with Crippen LogP contribution in [0.5, 0.6) is 0 Å². The van der Waals surface area contributed by atoms with Gasteiger partial charge in [-0.05, 0) is 25.1 Å². The fourth-order valence-electron chi connectivity index (χ4n) is 3.15. The molecule has 2 aliphatic rings. The number of nitrogens with one attached hydrogen (secondary N) is 1. The number of rotatable bonds is 4. The first-order chi connectivity index (χ1) is 10.3. The molecule has 0 saturated carbocycles. The highest BCUT2D eigenvalue weighted by molar-refractivity contribution is 5.96. The lowest BCUT2D eigenvalue weighted by Gasteiger charge is -2.33. The smallest absolute Gasteiger partial charge is 0.241 e. The van der Waals surface area contributed by atoms with Gasteiger partial charge in [0.15, 0.2) is 0 Å². The number of carbonyl (C=O) groups is 1. The van der Waals surface area contributed by atoms with Crippen LogP contribution < -0.4 is 10.2 Å². The summed E-state index contributed by atoms with van der Waals surface area (Å²) in [7, 11) is 1.93. The molecule has 1 N–H and O–H groups in total. The van der Waals surface area contributed by atoms with Crippen molar-refractivity contribution in [1.82, 2.24) is 10.2 Å². The summed E-state index contributed by atoms with van der Waals surface area (Å²) in [4.78, 5) is 16.7. The number of para-hydroxylation sites is 1. The fraction of sp³-hybridized carbons (Fsp3) is 0.562. The van der Waals surface area contributed by atoms with Crippen LogP contribution in [0.1, 0.15) is 5.56 Å². The van der Waals surface area contributed by atoms with Crippen LogP contribution in [-0.4, -0.2) is 63.3 Å². The summed E-state index contributed by atoms with van der Waals surface area (Å²) in [5.41, 5.74) is 2.36. The van der Waals surface area contributed by atoms with E-state index in [0.29, 0.717) is 13.2 Å². The zero-order valence-corrected chi connectivity index (χ0v) is 12.5. The monoisotopic (exact) mass is 289 g/mol. The highest BCUT2D eigenvalue weighted by Gasteiger charge is 2.27. The van der Waals surface area contributed by atoms with E-state index < -0.39 is 0 Å². The van der Waals surface area contributed by atoms with E-state index in [-0.39, 0.29) is 12.0 Å². The van der Waals surface area contributed by atoms with Crippen molar-refractivity contribution < 1.29 is 9.53 Å². The van der Waals surface area contributed by atoms with Crippen molar-refractivity contribution in [3.05, 3.63) is 29.8 Å².